The van der Waals surface area contributed by atoms with E-state index in [1.165, 1.54) is 11.0 Å². The van der Waals surface area contributed by atoms with Gasteiger partial charge in [0.15, 0.2) is 11.7 Å². The van der Waals surface area contributed by atoms with Crippen LogP contribution in [0.1, 0.15) is 40.1 Å². The molecule has 1 aromatic heterocycles. The molecule has 1 fully saturated rings. The zero-order valence-corrected chi connectivity index (χ0v) is 16.5. The third-order valence-electron chi connectivity index (χ3n) is 5.79. The van der Waals surface area contributed by atoms with Gasteiger partial charge in [-0.2, -0.15) is 18.3 Å². The van der Waals surface area contributed by atoms with E-state index in [9.17, 15) is 18.0 Å². The van der Waals surface area contributed by atoms with E-state index in [0.717, 1.165) is 28.9 Å². The van der Waals surface area contributed by atoms with E-state index in [4.69, 9.17) is 0 Å². The van der Waals surface area contributed by atoms with Crippen LogP contribution in [0, 0.1) is 6.92 Å². The van der Waals surface area contributed by atoms with Crippen molar-refractivity contribution in [2.75, 3.05) is 38.5 Å². The van der Waals surface area contributed by atoms with Gasteiger partial charge in [-0.15, -0.1) is 0 Å². The number of nitrogens with zero attached hydrogens (tertiary/aromatic N) is 3. The number of nitrogens with one attached hydrogen (secondary N) is 2. The van der Waals surface area contributed by atoms with Gasteiger partial charge in [0.05, 0.1) is 39.3 Å². The average Bonchev–Trinajstić information content (AvgIpc) is 3.11. The smallest absolute Gasteiger partial charge is 0.363 e. The first-order valence-corrected chi connectivity index (χ1v) is 9.82. The Morgan fingerprint density at radius 2 is 1.86 bits per heavy atom. The summed E-state index contributed by atoms with van der Waals surface area (Å²) in [5, 5.41) is 7.22. The van der Waals surface area contributed by atoms with E-state index in [-0.39, 0.29) is 23.8 Å². The first kappa shape index (κ1) is 19.8. The number of hydrogen-bond acceptors (Lipinski definition) is 3. The Morgan fingerprint density at radius 1 is 1.21 bits per heavy atom. The number of aromatic nitrogens is 2. The van der Waals surface area contributed by atoms with Crippen LogP contribution in [-0.4, -0.2) is 60.0 Å². The van der Waals surface area contributed by atoms with Crippen molar-refractivity contribution in [3.63, 3.8) is 0 Å². The summed E-state index contributed by atoms with van der Waals surface area (Å²) < 4.78 is 42.3. The van der Waals surface area contributed by atoms with Crippen LogP contribution >= 0.6 is 0 Å². The summed E-state index contributed by atoms with van der Waals surface area (Å²) in [5.74, 6) is -0.0822. The summed E-state index contributed by atoms with van der Waals surface area (Å²) in [6, 6.07) is 6.62. The lowest BCUT2D eigenvalue weighted by Crippen LogP contribution is -3.12. The summed E-state index contributed by atoms with van der Waals surface area (Å²) in [4.78, 5) is 15.8. The molecule has 0 spiro atoms. The molecule has 2 aliphatic rings. The van der Waals surface area contributed by atoms with E-state index in [1.54, 1.807) is 4.90 Å². The number of halogens is 3. The highest BCUT2D eigenvalue weighted by atomic mass is 19.4. The summed E-state index contributed by atoms with van der Waals surface area (Å²) >= 11 is 0. The second-order valence-electron chi connectivity index (χ2n) is 8.01. The first-order chi connectivity index (χ1) is 13.7. The predicted molar refractivity (Wildman–Crippen MR) is 102 cm³/mol. The van der Waals surface area contributed by atoms with Crippen molar-refractivity contribution in [1.29, 1.82) is 0 Å². The molecule has 0 saturated carbocycles. The summed E-state index contributed by atoms with van der Waals surface area (Å²) in [5.41, 5.74) is 1.89. The SMILES string of the molecule is Cc1ccc([C@H]2C[C@H](C(F)(F)F)n3nc(C(=O)N4CC[NH+](C)CC4)cc3N2)cc1. The van der Waals surface area contributed by atoms with Gasteiger partial charge in [-0.3, -0.25) is 4.79 Å². The molecule has 1 aromatic carbocycles. The Balaban J connectivity index is 1.63. The molecule has 1 amide bonds. The molecule has 6 nitrogen and oxygen atoms in total. The lowest BCUT2D eigenvalue weighted by molar-refractivity contribution is -0.883. The van der Waals surface area contributed by atoms with Gasteiger partial charge >= 0.3 is 6.18 Å². The molecule has 0 aliphatic carbocycles. The number of hydrogen-bond donors (Lipinski definition) is 2. The second-order valence-corrected chi connectivity index (χ2v) is 8.01. The molecule has 0 radical (unpaired) electrons. The molecule has 2 atom stereocenters. The molecule has 9 heteroatoms. The number of rotatable bonds is 2. The molecular weight excluding hydrogens is 383 g/mol. The molecule has 0 unspecified atom stereocenters. The number of benzene rings is 1. The molecule has 4 rings (SSSR count). The minimum absolute atomic E-state index is 0.0610. The van der Waals surface area contributed by atoms with Crippen molar-refractivity contribution in [2.24, 2.45) is 0 Å². The number of fused-ring (bicyclic) bond motifs is 1. The monoisotopic (exact) mass is 408 g/mol. The Kier molecular flexibility index (Phi) is 5.02. The zero-order chi connectivity index (χ0) is 20.8. The standard InChI is InChI=1S/C20H24F3N5O/c1-13-3-5-14(6-4-13)15-11-17(20(21,22)23)28-18(24-15)12-16(25-28)19(29)27-9-7-26(2)8-10-27/h3-6,12,15,17,24H,7-11H2,1-2H3/p+1/t15-,17-/m1/s1. The van der Waals surface area contributed by atoms with Gasteiger partial charge in [-0.1, -0.05) is 29.8 Å². The lowest BCUT2D eigenvalue weighted by Gasteiger charge is -2.33. The topological polar surface area (TPSA) is 54.6 Å². The summed E-state index contributed by atoms with van der Waals surface area (Å²) in [6.45, 7) is 4.73. The largest absolute Gasteiger partial charge is 0.410 e. The maximum absolute atomic E-state index is 13.8. The van der Waals surface area contributed by atoms with Crippen LogP contribution in [0.3, 0.4) is 0 Å². The molecule has 0 bridgehead atoms. The highest BCUT2D eigenvalue weighted by molar-refractivity contribution is 5.93. The van der Waals surface area contributed by atoms with Crippen molar-refractivity contribution < 1.29 is 22.9 Å². The van der Waals surface area contributed by atoms with Crippen LogP contribution in [0.2, 0.25) is 0 Å². The van der Waals surface area contributed by atoms with Crippen LogP contribution in [0.5, 0.6) is 0 Å². The van der Waals surface area contributed by atoms with E-state index in [2.05, 4.69) is 17.5 Å². The van der Waals surface area contributed by atoms with Crippen LogP contribution in [-0.2, 0) is 0 Å². The Bertz CT molecular complexity index is 885. The minimum Gasteiger partial charge on any atom is -0.363 e. The molecule has 2 N–H and O–H groups in total. The fraction of sp³-hybridized carbons (Fsp3) is 0.500. The van der Waals surface area contributed by atoms with Gasteiger partial charge in [0.1, 0.15) is 5.82 Å². The number of anilines is 1. The molecule has 2 aliphatic heterocycles. The fourth-order valence-electron chi connectivity index (χ4n) is 3.95. The molecule has 1 saturated heterocycles. The molecule has 2 aromatic rings. The number of amides is 1. The van der Waals surface area contributed by atoms with Gasteiger partial charge in [-0.25, -0.2) is 4.68 Å². The van der Waals surface area contributed by atoms with E-state index < -0.39 is 18.3 Å². The zero-order valence-electron chi connectivity index (χ0n) is 16.5. The maximum Gasteiger partial charge on any atom is 0.410 e. The highest BCUT2D eigenvalue weighted by Gasteiger charge is 2.47. The van der Waals surface area contributed by atoms with Crippen molar-refractivity contribution in [2.45, 2.75) is 31.6 Å². The number of piperazine rings is 1. The number of alkyl halides is 3. The van der Waals surface area contributed by atoms with Crippen molar-refractivity contribution in [3.8, 4) is 0 Å². The third-order valence-corrected chi connectivity index (χ3v) is 5.79. The van der Waals surface area contributed by atoms with E-state index >= 15 is 0 Å². The molecule has 3 heterocycles. The maximum atomic E-state index is 13.8. The summed E-state index contributed by atoms with van der Waals surface area (Å²) in [7, 11) is 2.06. The van der Waals surface area contributed by atoms with Gasteiger partial charge < -0.3 is 15.1 Å². The van der Waals surface area contributed by atoms with E-state index in [0.29, 0.717) is 13.1 Å². The quantitative estimate of drug-likeness (QED) is 0.797. The van der Waals surface area contributed by atoms with Gasteiger partial charge in [0.2, 0.25) is 0 Å². The normalized spacial score (nSPS) is 22.9. The van der Waals surface area contributed by atoms with E-state index in [1.807, 2.05) is 31.2 Å². The van der Waals surface area contributed by atoms with Crippen molar-refractivity contribution in [3.05, 3.63) is 47.2 Å². The number of carbonyl (C=O) groups excluding carboxylic acids is 1. The second kappa shape index (κ2) is 7.37. The molecule has 156 valence electrons. The van der Waals surface area contributed by atoms with Crippen LogP contribution < -0.4 is 10.2 Å². The highest BCUT2D eigenvalue weighted by Crippen LogP contribution is 2.43. The van der Waals surface area contributed by atoms with Crippen LogP contribution in [0.4, 0.5) is 19.0 Å². The number of aryl methyl sites for hydroxylation is 1. The Hall–Kier alpha value is -2.55. The number of likely N-dealkylation sites (N-methyl/N-ethyl adjacent to an activating group) is 1. The fourth-order valence-corrected chi connectivity index (χ4v) is 3.95. The minimum atomic E-state index is -4.46. The third kappa shape index (κ3) is 3.96. The first-order valence-electron chi connectivity index (χ1n) is 9.82. The van der Waals surface area contributed by atoms with Crippen molar-refractivity contribution >= 4 is 11.7 Å². The van der Waals surface area contributed by atoms with Crippen molar-refractivity contribution in [1.82, 2.24) is 14.7 Å². The van der Waals surface area contributed by atoms with Gasteiger partial charge in [0, 0.05) is 12.5 Å². The van der Waals surface area contributed by atoms with Gasteiger partial charge in [0.25, 0.3) is 5.91 Å². The Labute approximate surface area is 167 Å². The summed E-state index contributed by atoms with van der Waals surface area (Å²) in [6.07, 6.45) is -4.63. The van der Waals surface area contributed by atoms with Gasteiger partial charge in [-0.05, 0) is 12.5 Å². The molecular formula is C20H25F3N5O+. The van der Waals surface area contributed by atoms with Crippen LogP contribution in [0.15, 0.2) is 30.3 Å². The lowest BCUT2D eigenvalue weighted by atomic mass is 9.96. The number of quaternary nitrogens is 1. The average molecular weight is 408 g/mol. The predicted octanol–water partition coefficient (Wildman–Crippen LogP) is 1.82. The van der Waals surface area contributed by atoms with Crippen LogP contribution in [0.25, 0.3) is 0 Å². The molecule has 29 heavy (non-hydrogen) atoms. The number of carbonyl (C=O) groups is 1. The Morgan fingerprint density at radius 3 is 2.48 bits per heavy atom.